The highest BCUT2D eigenvalue weighted by atomic mass is 79.9. The number of carbonyl (C=O) groups is 1. The van der Waals surface area contributed by atoms with Crippen LogP contribution in [0, 0.1) is 5.92 Å². The predicted octanol–water partition coefficient (Wildman–Crippen LogP) is 4.00. The highest BCUT2D eigenvalue weighted by Gasteiger charge is 2.17. The Kier molecular flexibility index (Phi) is 7.86. The van der Waals surface area contributed by atoms with Gasteiger partial charge in [0, 0.05) is 5.57 Å². The van der Waals surface area contributed by atoms with Gasteiger partial charge in [-0.15, -0.1) is 0 Å². The van der Waals surface area contributed by atoms with E-state index >= 15 is 0 Å². The number of rotatable bonds is 7. The van der Waals surface area contributed by atoms with Gasteiger partial charge >= 0.3 is 5.97 Å². The van der Waals surface area contributed by atoms with Crippen molar-refractivity contribution in [1.29, 1.82) is 0 Å². The number of hydrogen-bond donors (Lipinski definition) is 0. The van der Waals surface area contributed by atoms with Crippen LogP contribution in [0.1, 0.15) is 46.0 Å². The smallest absolute Gasteiger partial charge is 0.345 e. The van der Waals surface area contributed by atoms with E-state index in [1.807, 2.05) is 0 Å². The molecule has 0 saturated heterocycles. The lowest BCUT2D eigenvalue weighted by molar-refractivity contribution is -0.128. The second-order valence-electron chi connectivity index (χ2n) is 3.49. The van der Waals surface area contributed by atoms with Crippen molar-refractivity contribution in [2.45, 2.75) is 46.0 Å². The SMILES string of the molecule is C=C(C(=O)OBr)C(CC)CCCCC. The molecule has 82 valence electrons. The Bertz CT molecular complexity index is 190. The molecular formula is C11H19BrO2. The predicted molar refractivity (Wildman–Crippen MR) is 62.1 cm³/mol. The number of unbranched alkanes of at least 4 members (excludes halogenated alkanes) is 2. The molecular weight excluding hydrogens is 244 g/mol. The molecule has 14 heavy (non-hydrogen) atoms. The van der Waals surface area contributed by atoms with E-state index in [2.05, 4.69) is 40.5 Å². The molecule has 0 heterocycles. The Morgan fingerprint density at radius 2 is 2.07 bits per heavy atom. The van der Waals surface area contributed by atoms with Crippen LogP contribution in [0.5, 0.6) is 0 Å². The first-order valence-electron chi connectivity index (χ1n) is 5.19. The van der Waals surface area contributed by atoms with Gasteiger partial charge in [0.15, 0.2) is 16.3 Å². The minimum Gasteiger partial charge on any atom is -0.380 e. The highest BCUT2D eigenvalue weighted by molar-refractivity contribution is 9.06. The number of halogens is 1. The van der Waals surface area contributed by atoms with Gasteiger partial charge in [-0.05, 0) is 18.8 Å². The molecule has 0 N–H and O–H groups in total. The molecule has 1 unspecified atom stereocenters. The Balaban J connectivity index is 3.99. The van der Waals surface area contributed by atoms with Crippen LogP contribution in [0.25, 0.3) is 0 Å². The van der Waals surface area contributed by atoms with E-state index in [0.29, 0.717) is 5.57 Å². The lowest BCUT2D eigenvalue weighted by Crippen LogP contribution is -2.11. The number of carbonyl (C=O) groups excluding carboxylic acids is 1. The lowest BCUT2D eigenvalue weighted by atomic mass is 9.92. The van der Waals surface area contributed by atoms with Gasteiger partial charge < -0.3 is 3.83 Å². The summed E-state index contributed by atoms with van der Waals surface area (Å²) in [7, 11) is 0. The summed E-state index contributed by atoms with van der Waals surface area (Å²) in [5, 5.41) is 0. The maximum Gasteiger partial charge on any atom is 0.345 e. The zero-order chi connectivity index (χ0) is 11.0. The van der Waals surface area contributed by atoms with Gasteiger partial charge in [-0.3, -0.25) is 0 Å². The van der Waals surface area contributed by atoms with Gasteiger partial charge in [-0.2, -0.15) is 0 Å². The molecule has 0 aromatic heterocycles. The van der Waals surface area contributed by atoms with Gasteiger partial charge in [0.05, 0.1) is 0 Å². The van der Waals surface area contributed by atoms with E-state index in [1.165, 1.54) is 12.8 Å². The second-order valence-corrected chi connectivity index (χ2v) is 3.81. The van der Waals surface area contributed by atoms with E-state index in [0.717, 1.165) is 19.3 Å². The molecule has 0 amide bonds. The third-order valence-electron chi connectivity index (χ3n) is 2.47. The van der Waals surface area contributed by atoms with Crippen LogP contribution in [-0.2, 0) is 8.62 Å². The molecule has 0 radical (unpaired) electrons. The van der Waals surface area contributed by atoms with Crippen molar-refractivity contribution in [3.05, 3.63) is 12.2 Å². The molecule has 0 aromatic rings. The van der Waals surface area contributed by atoms with E-state index in [-0.39, 0.29) is 11.9 Å². The summed E-state index contributed by atoms with van der Waals surface area (Å²) in [5.41, 5.74) is 0.584. The first kappa shape index (κ1) is 13.7. The summed E-state index contributed by atoms with van der Waals surface area (Å²) in [6, 6.07) is 0. The minimum absolute atomic E-state index is 0.270. The van der Waals surface area contributed by atoms with Crippen molar-refractivity contribution < 1.29 is 8.62 Å². The van der Waals surface area contributed by atoms with Crippen molar-refractivity contribution in [2.24, 2.45) is 5.92 Å². The third-order valence-corrected chi connectivity index (χ3v) is 2.77. The molecule has 0 aliphatic carbocycles. The van der Waals surface area contributed by atoms with E-state index in [9.17, 15) is 4.79 Å². The van der Waals surface area contributed by atoms with Crippen LogP contribution in [0.3, 0.4) is 0 Å². The normalized spacial score (nSPS) is 12.2. The summed E-state index contributed by atoms with van der Waals surface area (Å²) in [6.07, 6.45) is 5.55. The molecule has 0 bridgehead atoms. The van der Waals surface area contributed by atoms with Gasteiger partial charge in [0.25, 0.3) is 0 Å². The largest absolute Gasteiger partial charge is 0.380 e. The molecule has 2 nitrogen and oxygen atoms in total. The molecule has 1 atom stereocenters. The van der Waals surface area contributed by atoms with Crippen molar-refractivity contribution in [3.8, 4) is 0 Å². The van der Waals surface area contributed by atoms with Gasteiger partial charge in [0.1, 0.15) is 0 Å². The monoisotopic (exact) mass is 262 g/mol. The van der Waals surface area contributed by atoms with Gasteiger partial charge in [-0.25, -0.2) is 4.79 Å². The molecule has 0 aromatic carbocycles. The van der Waals surface area contributed by atoms with Gasteiger partial charge in [0.2, 0.25) is 0 Å². The quantitative estimate of drug-likeness (QED) is 0.512. The molecule has 0 saturated carbocycles. The van der Waals surface area contributed by atoms with Crippen molar-refractivity contribution in [2.75, 3.05) is 0 Å². The fourth-order valence-corrected chi connectivity index (χ4v) is 1.69. The van der Waals surface area contributed by atoms with Crippen LogP contribution in [0.15, 0.2) is 12.2 Å². The third kappa shape index (κ3) is 4.80. The Morgan fingerprint density at radius 1 is 1.43 bits per heavy atom. The van der Waals surface area contributed by atoms with Crippen LogP contribution >= 0.6 is 16.3 Å². The first-order valence-corrected chi connectivity index (χ1v) is 5.83. The first-order chi connectivity index (χ1) is 6.67. The zero-order valence-corrected chi connectivity index (χ0v) is 10.6. The van der Waals surface area contributed by atoms with Crippen molar-refractivity contribution in [3.63, 3.8) is 0 Å². The average molecular weight is 263 g/mol. The maximum atomic E-state index is 11.2. The summed E-state index contributed by atoms with van der Waals surface area (Å²) >= 11 is 2.68. The molecule has 0 rings (SSSR count). The Labute approximate surface area is 95.2 Å². The topological polar surface area (TPSA) is 26.3 Å². The summed E-state index contributed by atoms with van der Waals surface area (Å²) in [4.78, 5) is 11.2. The fourth-order valence-electron chi connectivity index (χ4n) is 1.48. The van der Waals surface area contributed by atoms with Crippen LogP contribution < -0.4 is 0 Å². The average Bonchev–Trinajstić information content (AvgIpc) is 2.22. The van der Waals surface area contributed by atoms with E-state index in [4.69, 9.17) is 0 Å². The lowest BCUT2D eigenvalue weighted by Gasteiger charge is -2.14. The van der Waals surface area contributed by atoms with Crippen LogP contribution in [-0.4, -0.2) is 5.97 Å². The van der Waals surface area contributed by atoms with Crippen LogP contribution in [0.2, 0.25) is 0 Å². The summed E-state index contributed by atoms with van der Waals surface area (Å²) in [5.74, 6) is -0.0695. The maximum absolute atomic E-state index is 11.2. The Morgan fingerprint density at radius 3 is 2.50 bits per heavy atom. The molecule has 0 aliphatic rings. The standard InChI is InChI=1S/C11H19BrO2/c1-4-6-7-8-10(5-2)9(3)11(13)14-12/h10H,3-8H2,1-2H3. The van der Waals surface area contributed by atoms with E-state index < -0.39 is 0 Å². The van der Waals surface area contributed by atoms with Gasteiger partial charge in [-0.1, -0.05) is 39.7 Å². The van der Waals surface area contributed by atoms with E-state index in [1.54, 1.807) is 0 Å². The summed E-state index contributed by atoms with van der Waals surface area (Å²) < 4.78 is 4.48. The summed E-state index contributed by atoms with van der Waals surface area (Å²) in [6.45, 7) is 8.01. The molecule has 3 heteroatoms. The fraction of sp³-hybridized carbons (Fsp3) is 0.727. The van der Waals surface area contributed by atoms with Crippen molar-refractivity contribution in [1.82, 2.24) is 0 Å². The van der Waals surface area contributed by atoms with Crippen LogP contribution in [0.4, 0.5) is 0 Å². The molecule has 0 spiro atoms. The van der Waals surface area contributed by atoms with Crippen molar-refractivity contribution >= 4 is 22.2 Å². The minimum atomic E-state index is -0.339. The zero-order valence-electron chi connectivity index (χ0n) is 9.01. The molecule has 0 fully saturated rings. The highest BCUT2D eigenvalue weighted by Crippen LogP contribution is 2.22. The Hall–Kier alpha value is -0.310. The molecule has 0 aliphatic heterocycles. The second kappa shape index (κ2) is 8.04. The number of hydrogen-bond acceptors (Lipinski definition) is 2.